The average molecular weight is 274 g/mol. The SMILES string of the molecule is CC(N)c1noc(-c2csc(Br)c2)n1. The van der Waals surface area contributed by atoms with Gasteiger partial charge in [0.25, 0.3) is 5.89 Å². The Morgan fingerprint density at radius 3 is 2.93 bits per heavy atom. The van der Waals surface area contributed by atoms with Crippen LogP contribution in [0.4, 0.5) is 0 Å². The molecule has 2 rings (SSSR count). The fourth-order valence-corrected chi connectivity index (χ4v) is 2.09. The summed E-state index contributed by atoms with van der Waals surface area (Å²) < 4.78 is 6.11. The van der Waals surface area contributed by atoms with E-state index in [1.807, 2.05) is 18.4 Å². The molecule has 0 spiro atoms. The van der Waals surface area contributed by atoms with E-state index in [9.17, 15) is 0 Å². The third-order valence-electron chi connectivity index (χ3n) is 1.66. The van der Waals surface area contributed by atoms with E-state index in [4.69, 9.17) is 10.3 Å². The van der Waals surface area contributed by atoms with Crippen molar-refractivity contribution in [1.29, 1.82) is 0 Å². The average Bonchev–Trinajstić information content (AvgIpc) is 2.70. The molecule has 2 aromatic heterocycles. The summed E-state index contributed by atoms with van der Waals surface area (Å²) in [5.74, 6) is 1.04. The molecule has 1 atom stereocenters. The molecule has 2 aromatic rings. The fraction of sp³-hybridized carbons (Fsp3) is 0.250. The van der Waals surface area contributed by atoms with Gasteiger partial charge >= 0.3 is 0 Å². The Bertz CT molecular complexity index is 437. The molecular weight excluding hydrogens is 266 g/mol. The van der Waals surface area contributed by atoms with E-state index in [2.05, 4.69) is 26.1 Å². The molecule has 0 aliphatic rings. The zero-order chi connectivity index (χ0) is 10.1. The first-order chi connectivity index (χ1) is 6.66. The summed E-state index contributed by atoms with van der Waals surface area (Å²) in [5, 5.41) is 5.73. The van der Waals surface area contributed by atoms with E-state index in [0.29, 0.717) is 11.7 Å². The van der Waals surface area contributed by atoms with Gasteiger partial charge in [0.15, 0.2) is 5.82 Å². The van der Waals surface area contributed by atoms with Crippen LogP contribution in [-0.2, 0) is 0 Å². The second-order valence-corrected chi connectivity index (χ2v) is 5.18. The van der Waals surface area contributed by atoms with E-state index >= 15 is 0 Å². The number of nitrogens with two attached hydrogens (primary N) is 1. The summed E-state index contributed by atoms with van der Waals surface area (Å²) >= 11 is 4.94. The van der Waals surface area contributed by atoms with Gasteiger partial charge in [0, 0.05) is 5.38 Å². The molecule has 4 nitrogen and oxygen atoms in total. The molecule has 0 fully saturated rings. The molecule has 14 heavy (non-hydrogen) atoms. The number of rotatable bonds is 2. The van der Waals surface area contributed by atoms with Crippen LogP contribution in [0.2, 0.25) is 0 Å². The van der Waals surface area contributed by atoms with Crippen molar-refractivity contribution >= 4 is 27.3 Å². The number of hydrogen-bond acceptors (Lipinski definition) is 5. The zero-order valence-corrected chi connectivity index (χ0v) is 9.80. The van der Waals surface area contributed by atoms with Crippen LogP contribution in [0.5, 0.6) is 0 Å². The van der Waals surface area contributed by atoms with Crippen molar-refractivity contribution < 1.29 is 4.52 Å². The first kappa shape index (κ1) is 9.82. The van der Waals surface area contributed by atoms with Gasteiger partial charge < -0.3 is 10.3 Å². The summed E-state index contributed by atoms with van der Waals surface area (Å²) in [6.45, 7) is 1.82. The van der Waals surface area contributed by atoms with Gasteiger partial charge in [0.2, 0.25) is 0 Å². The minimum atomic E-state index is -0.199. The van der Waals surface area contributed by atoms with Crippen molar-refractivity contribution in [2.24, 2.45) is 5.73 Å². The van der Waals surface area contributed by atoms with Gasteiger partial charge in [-0.25, -0.2) is 0 Å². The largest absolute Gasteiger partial charge is 0.334 e. The molecular formula is C8H8BrN3OS. The first-order valence-electron chi connectivity index (χ1n) is 4.00. The summed E-state index contributed by atoms with van der Waals surface area (Å²) in [6, 6.07) is 1.73. The number of halogens is 1. The molecule has 6 heteroatoms. The number of aromatic nitrogens is 2. The van der Waals surface area contributed by atoms with Gasteiger partial charge in [0.1, 0.15) is 0 Å². The highest BCUT2D eigenvalue weighted by Crippen LogP contribution is 2.28. The molecule has 0 radical (unpaired) electrons. The van der Waals surface area contributed by atoms with Crippen molar-refractivity contribution in [3.63, 3.8) is 0 Å². The number of nitrogens with zero attached hydrogens (tertiary/aromatic N) is 2. The molecule has 0 bridgehead atoms. The van der Waals surface area contributed by atoms with Crippen LogP contribution in [-0.4, -0.2) is 10.1 Å². The molecule has 0 saturated carbocycles. The van der Waals surface area contributed by atoms with Crippen molar-refractivity contribution in [1.82, 2.24) is 10.1 Å². The van der Waals surface area contributed by atoms with E-state index in [1.165, 1.54) is 0 Å². The van der Waals surface area contributed by atoms with Crippen LogP contribution in [0.3, 0.4) is 0 Å². The lowest BCUT2D eigenvalue weighted by molar-refractivity contribution is 0.418. The summed E-state index contributed by atoms with van der Waals surface area (Å²) in [5.41, 5.74) is 6.54. The van der Waals surface area contributed by atoms with Crippen LogP contribution >= 0.6 is 27.3 Å². The van der Waals surface area contributed by atoms with Gasteiger partial charge in [-0.3, -0.25) is 0 Å². The van der Waals surface area contributed by atoms with E-state index in [0.717, 1.165) is 9.35 Å². The van der Waals surface area contributed by atoms with Crippen LogP contribution in [0.1, 0.15) is 18.8 Å². The Hall–Kier alpha value is -0.720. The normalized spacial score (nSPS) is 13.1. The third-order valence-corrected chi connectivity index (χ3v) is 3.17. The van der Waals surface area contributed by atoms with Crippen LogP contribution in [0, 0.1) is 0 Å². The molecule has 0 aliphatic heterocycles. The predicted octanol–water partition coefficient (Wildman–Crippen LogP) is 2.58. The van der Waals surface area contributed by atoms with Crippen molar-refractivity contribution in [2.75, 3.05) is 0 Å². The second-order valence-electron chi connectivity index (χ2n) is 2.89. The summed E-state index contributed by atoms with van der Waals surface area (Å²) in [6.07, 6.45) is 0. The smallest absolute Gasteiger partial charge is 0.258 e. The van der Waals surface area contributed by atoms with E-state index in [-0.39, 0.29) is 6.04 Å². The standard InChI is InChI=1S/C8H8BrN3OS/c1-4(10)7-11-8(13-12-7)5-2-6(9)14-3-5/h2-4H,10H2,1H3. The molecule has 74 valence electrons. The van der Waals surface area contributed by atoms with Crippen molar-refractivity contribution in [3.8, 4) is 11.5 Å². The molecule has 0 saturated heterocycles. The topological polar surface area (TPSA) is 64.9 Å². The third kappa shape index (κ3) is 1.87. The molecule has 1 unspecified atom stereocenters. The highest BCUT2D eigenvalue weighted by molar-refractivity contribution is 9.11. The van der Waals surface area contributed by atoms with Crippen LogP contribution in [0.15, 0.2) is 19.8 Å². The van der Waals surface area contributed by atoms with Crippen LogP contribution in [0.25, 0.3) is 11.5 Å². The maximum absolute atomic E-state index is 5.62. The predicted molar refractivity (Wildman–Crippen MR) is 57.9 cm³/mol. The number of hydrogen-bond donors (Lipinski definition) is 1. The van der Waals surface area contributed by atoms with E-state index < -0.39 is 0 Å². The lowest BCUT2D eigenvalue weighted by atomic mass is 10.3. The molecule has 0 aromatic carbocycles. The highest BCUT2D eigenvalue weighted by Gasteiger charge is 2.12. The summed E-state index contributed by atoms with van der Waals surface area (Å²) in [7, 11) is 0. The monoisotopic (exact) mass is 273 g/mol. The molecule has 2 heterocycles. The Balaban J connectivity index is 2.33. The van der Waals surface area contributed by atoms with Gasteiger partial charge in [-0.05, 0) is 28.9 Å². The first-order valence-corrected chi connectivity index (χ1v) is 5.67. The lowest BCUT2D eigenvalue weighted by Gasteiger charge is -1.92. The van der Waals surface area contributed by atoms with Crippen molar-refractivity contribution in [2.45, 2.75) is 13.0 Å². The van der Waals surface area contributed by atoms with Gasteiger partial charge in [-0.1, -0.05) is 5.16 Å². The van der Waals surface area contributed by atoms with Gasteiger partial charge in [0.05, 0.1) is 15.4 Å². The maximum atomic E-state index is 5.62. The van der Waals surface area contributed by atoms with Gasteiger partial charge in [-0.2, -0.15) is 4.98 Å². The Morgan fingerprint density at radius 2 is 2.43 bits per heavy atom. The number of thiophene rings is 1. The van der Waals surface area contributed by atoms with E-state index in [1.54, 1.807) is 11.3 Å². The molecule has 0 aliphatic carbocycles. The highest BCUT2D eigenvalue weighted by atomic mass is 79.9. The Morgan fingerprint density at radius 1 is 1.64 bits per heavy atom. The fourth-order valence-electron chi connectivity index (χ4n) is 0.959. The quantitative estimate of drug-likeness (QED) is 0.914. The minimum absolute atomic E-state index is 0.199. The van der Waals surface area contributed by atoms with Crippen LogP contribution < -0.4 is 5.73 Å². The Labute approximate surface area is 93.3 Å². The minimum Gasteiger partial charge on any atom is -0.334 e. The van der Waals surface area contributed by atoms with Crippen molar-refractivity contribution in [3.05, 3.63) is 21.1 Å². The maximum Gasteiger partial charge on any atom is 0.258 e. The second kappa shape index (κ2) is 3.80. The molecule has 2 N–H and O–H groups in total. The summed E-state index contributed by atoms with van der Waals surface area (Å²) in [4.78, 5) is 4.18. The molecule has 0 amide bonds. The lowest BCUT2D eigenvalue weighted by Crippen LogP contribution is -2.06. The Kier molecular flexibility index (Phi) is 2.66. The van der Waals surface area contributed by atoms with Gasteiger partial charge in [-0.15, -0.1) is 11.3 Å². The zero-order valence-electron chi connectivity index (χ0n) is 7.40.